The summed E-state index contributed by atoms with van der Waals surface area (Å²) in [5, 5.41) is 0. The number of aromatic amines is 1. The molecule has 1 saturated heterocycles. The van der Waals surface area contributed by atoms with Crippen molar-refractivity contribution in [3.05, 3.63) is 24.0 Å². The Morgan fingerprint density at radius 3 is 2.92 bits per heavy atom. The zero-order chi connectivity index (χ0) is 9.42. The van der Waals surface area contributed by atoms with Gasteiger partial charge in [0.15, 0.2) is 0 Å². The van der Waals surface area contributed by atoms with Gasteiger partial charge in [-0.2, -0.15) is 0 Å². The molecule has 2 atom stereocenters. The zero-order valence-electron chi connectivity index (χ0n) is 7.53. The maximum absolute atomic E-state index is 11.3. The van der Waals surface area contributed by atoms with Crippen LogP contribution in [0.1, 0.15) is 18.2 Å². The summed E-state index contributed by atoms with van der Waals surface area (Å²) in [6.45, 7) is 0. The summed E-state index contributed by atoms with van der Waals surface area (Å²) in [6.07, 6.45) is 2.29. The van der Waals surface area contributed by atoms with Crippen LogP contribution < -0.4 is 5.73 Å². The summed E-state index contributed by atoms with van der Waals surface area (Å²) >= 11 is 0. The van der Waals surface area contributed by atoms with Crippen LogP contribution in [-0.4, -0.2) is 28.9 Å². The predicted molar refractivity (Wildman–Crippen MR) is 48.9 cm³/mol. The van der Waals surface area contributed by atoms with Gasteiger partial charge in [-0.25, -0.2) is 0 Å². The summed E-state index contributed by atoms with van der Waals surface area (Å²) in [7, 11) is 1.79. The first-order chi connectivity index (χ1) is 6.20. The molecule has 1 amide bonds. The lowest BCUT2D eigenvalue weighted by molar-refractivity contribution is -0.127. The minimum Gasteiger partial charge on any atom is -0.363 e. The van der Waals surface area contributed by atoms with E-state index in [0.717, 1.165) is 5.69 Å². The molecule has 1 aromatic heterocycles. The molecule has 2 heterocycles. The predicted octanol–water partition coefficient (Wildman–Crippen LogP) is 0.245. The zero-order valence-corrected chi connectivity index (χ0v) is 7.53. The van der Waals surface area contributed by atoms with Gasteiger partial charge in [0.1, 0.15) is 0 Å². The number of nitrogens with one attached hydrogen (secondary N) is 1. The highest BCUT2D eigenvalue weighted by Gasteiger charge is 2.36. The van der Waals surface area contributed by atoms with Gasteiger partial charge in [-0.1, -0.05) is 0 Å². The molecule has 1 aliphatic heterocycles. The molecule has 3 N–H and O–H groups in total. The van der Waals surface area contributed by atoms with E-state index in [9.17, 15) is 4.79 Å². The van der Waals surface area contributed by atoms with Crippen molar-refractivity contribution in [2.75, 3.05) is 7.05 Å². The summed E-state index contributed by atoms with van der Waals surface area (Å²) < 4.78 is 0. The Morgan fingerprint density at radius 1 is 1.69 bits per heavy atom. The SMILES string of the molecule is CN1C(=O)C[C@H](N)[C@H]1c1ccc[nH]1. The van der Waals surface area contributed by atoms with Crippen LogP contribution in [0, 0.1) is 0 Å². The number of H-pyrrole nitrogens is 1. The minimum atomic E-state index is -0.0869. The molecule has 0 spiro atoms. The first kappa shape index (κ1) is 8.31. The number of aromatic nitrogens is 1. The molecule has 0 aromatic carbocycles. The third-order valence-electron chi connectivity index (χ3n) is 2.57. The molecule has 1 aliphatic rings. The number of likely N-dealkylation sites (N-methyl/N-ethyl adjacent to an activating group) is 1. The lowest BCUT2D eigenvalue weighted by Gasteiger charge is -2.21. The molecule has 1 aromatic rings. The number of carbonyl (C=O) groups is 1. The highest BCUT2D eigenvalue weighted by Crippen LogP contribution is 2.28. The van der Waals surface area contributed by atoms with Gasteiger partial charge in [-0.15, -0.1) is 0 Å². The van der Waals surface area contributed by atoms with Crippen molar-refractivity contribution in [2.24, 2.45) is 5.73 Å². The van der Waals surface area contributed by atoms with Gasteiger partial charge in [0.2, 0.25) is 5.91 Å². The van der Waals surface area contributed by atoms with Crippen LogP contribution >= 0.6 is 0 Å². The van der Waals surface area contributed by atoms with Crippen molar-refractivity contribution in [1.82, 2.24) is 9.88 Å². The number of nitrogens with zero attached hydrogens (tertiary/aromatic N) is 1. The van der Waals surface area contributed by atoms with E-state index in [1.807, 2.05) is 18.3 Å². The molecular formula is C9H13N3O. The number of likely N-dealkylation sites (tertiary alicyclic amines) is 1. The maximum Gasteiger partial charge on any atom is 0.224 e. The number of hydrogen-bond donors (Lipinski definition) is 2. The Bertz CT molecular complexity index is 307. The van der Waals surface area contributed by atoms with E-state index in [2.05, 4.69) is 4.98 Å². The molecule has 4 nitrogen and oxygen atoms in total. The van der Waals surface area contributed by atoms with E-state index in [1.54, 1.807) is 11.9 Å². The van der Waals surface area contributed by atoms with Crippen molar-refractivity contribution in [3.63, 3.8) is 0 Å². The van der Waals surface area contributed by atoms with E-state index >= 15 is 0 Å². The number of rotatable bonds is 1. The molecule has 0 bridgehead atoms. The van der Waals surface area contributed by atoms with Crippen LogP contribution in [-0.2, 0) is 4.79 Å². The van der Waals surface area contributed by atoms with Gasteiger partial charge in [-0.05, 0) is 12.1 Å². The highest BCUT2D eigenvalue weighted by atomic mass is 16.2. The molecule has 0 unspecified atom stereocenters. The van der Waals surface area contributed by atoms with Gasteiger partial charge < -0.3 is 15.6 Å². The molecule has 13 heavy (non-hydrogen) atoms. The summed E-state index contributed by atoms with van der Waals surface area (Å²) in [6, 6.07) is 3.80. The van der Waals surface area contributed by atoms with Crippen molar-refractivity contribution in [1.29, 1.82) is 0 Å². The van der Waals surface area contributed by atoms with Crippen LogP contribution in [0.15, 0.2) is 18.3 Å². The first-order valence-corrected chi connectivity index (χ1v) is 4.34. The normalized spacial score (nSPS) is 28.5. The third-order valence-corrected chi connectivity index (χ3v) is 2.57. The Hall–Kier alpha value is -1.29. The first-order valence-electron chi connectivity index (χ1n) is 4.34. The minimum absolute atomic E-state index is 0.0162. The molecular weight excluding hydrogens is 166 g/mol. The van der Waals surface area contributed by atoms with Crippen LogP contribution in [0.3, 0.4) is 0 Å². The molecule has 2 rings (SSSR count). The summed E-state index contributed by atoms with van der Waals surface area (Å²) in [4.78, 5) is 16.1. The largest absolute Gasteiger partial charge is 0.363 e. The topological polar surface area (TPSA) is 62.1 Å². The Morgan fingerprint density at radius 2 is 2.46 bits per heavy atom. The Balaban J connectivity index is 2.29. The average molecular weight is 179 g/mol. The van der Waals surface area contributed by atoms with Crippen molar-refractivity contribution in [2.45, 2.75) is 18.5 Å². The van der Waals surface area contributed by atoms with E-state index in [1.165, 1.54) is 0 Å². The molecule has 0 saturated carbocycles. The standard InChI is InChI=1S/C9H13N3O/c1-12-8(13)5-6(10)9(12)7-3-2-4-11-7/h2-4,6,9,11H,5,10H2,1H3/t6-,9-/m0/s1. The summed E-state index contributed by atoms with van der Waals surface area (Å²) in [5.41, 5.74) is 6.88. The van der Waals surface area contributed by atoms with Gasteiger partial charge in [0.05, 0.1) is 6.04 Å². The Labute approximate surface area is 76.7 Å². The van der Waals surface area contributed by atoms with Crippen LogP contribution in [0.5, 0.6) is 0 Å². The van der Waals surface area contributed by atoms with Gasteiger partial charge in [0.25, 0.3) is 0 Å². The smallest absolute Gasteiger partial charge is 0.224 e. The molecule has 4 heteroatoms. The van der Waals surface area contributed by atoms with E-state index in [4.69, 9.17) is 5.73 Å². The molecule has 0 radical (unpaired) electrons. The third kappa shape index (κ3) is 1.23. The fourth-order valence-electron chi connectivity index (χ4n) is 1.87. The van der Waals surface area contributed by atoms with Crippen molar-refractivity contribution < 1.29 is 4.79 Å². The second-order valence-electron chi connectivity index (χ2n) is 3.44. The molecule has 70 valence electrons. The fourth-order valence-corrected chi connectivity index (χ4v) is 1.87. The number of amides is 1. The van der Waals surface area contributed by atoms with Gasteiger partial charge in [-0.3, -0.25) is 4.79 Å². The maximum atomic E-state index is 11.3. The highest BCUT2D eigenvalue weighted by molar-refractivity contribution is 5.79. The van der Waals surface area contributed by atoms with Crippen LogP contribution in [0.4, 0.5) is 0 Å². The van der Waals surface area contributed by atoms with E-state index in [-0.39, 0.29) is 18.0 Å². The summed E-state index contributed by atoms with van der Waals surface area (Å²) in [5.74, 6) is 0.118. The number of nitrogens with two attached hydrogens (primary N) is 1. The van der Waals surface area contributed by atoms with E-state index in [0.29, 0.717) is 6.42 Å². The monoisotopic (exact) mass is 179 g/mol. The number of hydrogen-bond acceptors (Lipinski definition) is 2. The van der Waals surface area contributed by atoms with Gasteiger partial charge >= 0.3 is 0 Å². The van der Waals surface area contributed by atoms with E-state index < -0.39 is 0 Å². The lowest BCUT2D eigenvalue weighted by Crippen LogP contribution is -2.30. The second kappa shape index (κ2) is 2.88. The van der Waals surface area contributed by atoms with Crippen molar-refractivity contribution >= 4 is 5.91 Å². The second-order valence-corrected chi connectivity index (χ2v) is 3.44. The van der Waals surface area contributed by atoms with Crippen LogP contribution in [0.25, 0.3) is 0 Å². The Kier molecular flexibility index (Phi) is 1.84. The fraction of sp³-hybridized carbons (Fsp3) is 0.444. The van der Waals surface area contributed by atoms with Crippen molar-refractivity contribution in [3.8, 4) is 0 Å². The molecule has 0 aliphatic carbocycles. The quantitative estimate of drug-likeness (QED) is 0.649. The number of carbonyl (C=O) groups excluding carboxylic acids is 1. The molecule has 1 fully saturated rings. The van der Waals surface area contributed by atoms with Gasteiger partial charge in [0, 0.05) is 31.4 Å². The lowest BCUT2D eigenvalue weighted by atomic mass is 10.1. The van der Waals surface area contributed by atoms with Crippen LogP contribution in [0.2, 0.25) is 0 Å². The average Bonchev–Trinajstić information content (AvgIpc) is 2.63.